The summed E-state index contributed by atoms with van der Waals surface area (Å²) >= 11 is 0. The van der Waals surface area contributed by atoms with E-state index in [1.807, 2.05) is 0 Å². The molecule has 2 rings (SSSR count). The second-order valence-corrected chi connectivity index (χ2v) is 5.40. The number of amides is 1. The molecule has 1 aliphatic heterocycles. The number of carboxylic acid groups (broad SMARTS) is 1. The smallest absolute Gasteiger partial charge is 0.305 e. The van der Waals surface area contributed by atoms with Gasteiger partial charge in [-0.25, -0.2) is 4.39 Å². The van der Waals surface area contributed by atoms with E-state index in [0.29, 0.717) is 26.1 Å². The van der Waals surface area contributed by atoms with Gasteiger partial charge in [0.05, 0.1) is 17.5 Å². The number of hydrogen-bond acceptors (Lipinski definition) is 3. The lowest BCUT2D eigenvalue weighted by atomic mass is 9.86. The molecule has 0 spiro atoms. The third kappa shape index (κ3) is 3.78. The van der Waals surface area contributed by atoms with Gasteiger partial charge in [0, 0.05) is 13.2 Å². The van der Waals surface area contributed by atoms with Gasteiger partial charge in [-0.3, -0.25) is 9.59 Å². The zero-order valence-electron chi connectivity index (χ0n) is 11.8. The Morgan fingerprint density at radius 2 is 2.05 bits per heavy atom. The fraction of sp³-hybridized carbons (Fsp3) is 0.467. The summed E-state index contributed by atoms with van der Waals surface area (Å²) in [6.45, 7) is 2.52. The van der Waals surface area contributed by atoms with Crippen LogP contribution in [0.5, 0.6) is 0 Å². The first kappa shape index (κ1) is 15.4. The Kier molecular flexibility index (Phi) is 4.57. The van der Waals surface area contributed by atoms with Crippen LogP contribution < -0.4 is 5.32 Å². The highest BCUT2D eigenvalue weighted by Gasteiger charge is 2.37. The molecule has 1 heterocycles. The third-order valence-corrected chi connectivity index (χ3v) is 3.68. The minimum Gasteiger partial charge on any atom is -0.481 e. The van der Waals surface area contributed by atoms with Crippen LogP contribution in [0.1, 0.15) is 35.2 Å². The van der Waals surface area contributed by atoms with Crippen molar-refractivity contribution in [1.29, 1.82) is 0 Å². The van der Waals surface area contributed by atoms with Crippen molar-refractivity contribution in [3.63, 3.8) is 0 Å². The molecule has 1 fully saturated rings. The Balaban J connectivity index is 2.21. The van der Waals surface area contributed by atoms with E-state index < -0.39 is 23.2 Å². The lowest BCUT2D eigenvalue weighted by Gasteiger charge is -2.36. The number of hydrogen-bond donors (Lipinski definition) is 2. The molecule has 21 heavy (non-hydrogen) atoms. The first-order chi connectivity index (χ1) is 9.92. The summed E-state index contributed by atoms with van der Waals surface area (Å²) in [6.07, 6.45) is 0.604. The Bertz CT molecular complexity index is 553. The first-order valence-corrected chi connectivity index (χ1v) is 6.80. The highest BCUT2D eigenvalue weighted by Crippen LogP contribution is 2.25. The summed E-state index contributed by atoms with van der Waals surface area (Å²) in [5, 5.41) is 11.8. The van der Waals surface area contributed by atoms with Crippen LogP contribution in [0.3, 0.4) is 0 Å². The fourth-order valence-corrected chi connectivity index (χ4v) is 2.52. The Hall–Kier alpha value is -1.95. The number of carboxylic acids is 1. The van der Waals surface area contributed by atoms with Crippen molar-refractivity contribution in [3.8, 4) is 0 Å². The van der Waals surface area contributed by atoms with Crippen LogP contribution in [0.4, 0.5) is 4.39 Å². The van der Waals surface area contributed by atoms with Crippen LogP contribution >= 0.6 is 0 Å². The standard InChI is InChI=1S/C15H18FNO4/c1-10-2-3-12(16)11(8-10)14(20)17-15(9-13(18)19)4-6-21-7-5-15/h2-3,8H,4-7,9H2,1H3,(H,17,20)(H,18,19). The number of halogens is 1. The van der Waals surface area contributed by atoms with Gasteiger partial charge in [0.1, 0.15) is 5.82 Å². The molecular formula is C15H18FNO4. The zero-order chi connectivity index (χ0) is 15.5. The van der Waals surface area contributed by atoms with E-state index in [1.165, 1.54) is 12.1 Å². The van der Waals surface area contributed by atoms with E-state index in [9.17, 15) is 14.0 Å². The minimum absolute atomic E-state index is 0.0637. The number of nitrogens with one attached hydrogen (secondary N) is 1. The fourth-order valence-electron chi connectivity index (χ4n) is 2.52. The highest BCUT2D eigenvalue weighted by molar-refractivity contribution is 5.95. The predicted octanol–water partition coefficient (Wildman–Crippen LogP) is 1.89. The summed E-state index contributed by atoms with van der Waals surface area (Å²) in [5.74, 6) is -2.20. The monoisotopic (exact) mass is 295 g/mol. The Morgan fingerprint density at radius 1 is 1.38 bits per heavy atom. The van der Waals surface area contributed by atoms with Gasteiger partial charge in [0.15, 0.2) is 0 Å². The molecule has 2 N–H and O–H groups in total. The molecule has 5 nitrogen and oxygen atoms in total. The van der Waals surface area contributed by atoms with Gasteiger partial charge in [0.25, 0.3) is 5.91 Å². The van der Waals surface area contributed by atoms with Crippen molar-refractivity contribution in [1.82, 2.24) is 5.32 Å². The molecule has 6 heteroatoms. The van der Waals surface area contributed by atoms with Crippen LogP contribution in [0.2, 0.25) is 0 Å². The molecule has 0 bridgehead atoms. The van der Waals surface area contributed by atoms with Gasteiger partial charge in [-0.1, -0.05) is 11.6 Å². The molecule has 0 saturated carbocycles. The number of rotatable bonds is 4. The topological polar surface area (TPSA) is 75.6 Å². The number of ether oxygens (including phenoxy) is 1. The second-order valence-electron chi connectivity index (χ2n) is 5.40. The predicted molar refractivity (Wildman–Crippen MR) is 73.6 cm³/mol. The molecule has 114 valence electrons. The van der Waals surface area contributed by atoms with Gasteiger partial charge < -0.3 is 15.2 Å². The maximum Gasteiger partial charge on any atom is 0.305 e. The van der Waals surface area contributed by atoms with Gasteiger partial charge in [-0.2, -0.15) is 0 Å². The number of aryl methyl sites for hydroxylation is 1. The molecule has 0 radical (unpaired) electrons. The summed E-state index contributed by atoms with van der Waals surface area (Å²) in [7, 11) is 0. The van der Waals surface area contributed by atoms with E-state index >= 15 is 0 Å². The molecule has 1 aromatic carbocycles. The summed E-state index contributed by atoms with van der Waals surface area (Å²) in [6, 6.07) is 4.27. The molecule has 0 aromatic heterocycles. The molecular weight excluding hydrogens is 277 g/mol. The van der Waals surface area contributed by atoms with Crippen molar-refractivity contribution in [2.75, 3.05) is 13.2 Å². The summed E-state index contributed by atoms with van der Waals surface area (Å²) in [4.78, 5) is 23.3. The third-order valence-electron chi connectivity index (χ3n) is 3.68. The van der Waals surface area contributed by atoms with Crippen molar-refractivity contribution in [3.05, 3.63) is 35.1 Å². The molecule has 1 amide bonds. The van der Waals surface area contributed by atoms with Crippen LogP contribution in [-0.4, -0.2) is 35.7 Å². The maximum atomic E-state index is 13.8. The number of carbonyl (C=O) groups is 2. The van der Waals surface area contributed by atoms with E-state index in [1.54, 1.807) is 13.0 Å². The maximum absolute atomic E-state index is 13.8. The number of carbonyl (C=O) groups excluding carboxylic acids is 1. The molecule has 0 atom stereocenters. The van der Waals surface area contributed by atoms with E-state index in [2.05, 4.69) is 5.32 Å². The van der Waals surface area contributed by atoms with E-state index in [-0.39, 0.29) is 12.0 Å². The molecule has 1 aliphatic rings. The van der Waals surface area contributed by atoms with Crippen LogP contribution in [0, 0.1) is 12.7 Å². The summed E-state index contributed by atoms with van der Waals surface area (Å²) in [5.41, 5.74) is -0.177. The average Bonchev–Trinajstić information content (AvgIpc) is 2.41. The molecule has 0 unspecified atom stereocenters. The summed E-state index contributed by atoms with van der Waals surface area (Å²) < 4.78 is 19.0. The minimum atomic E-state index is -0.998. The molecule has 0 aliphatic carbocycles. The van der Waals surface area contributed by atoms with Gasteiger partial charge >= 0.3 is 5.97 Å². The zero-order valence-corrected chi connectivity index (χ0v) is 11.8. The highest BCUT2D eigenvalue weighted by atomic mass is 19.1. The van der Waals surface area contributed by atoms with Gasteiger partial charge in [-0.15, -0.1) is 0 Å². The van der Waals surface area contributed by atoms with Crippen LogP contribution in [0.15, 0.2) is 18.2 Å². The lowest BCUT2D eigenvalue weighted by Crippen LogP contribution is -2.53. The largest absolute Gasteiger partial charge is 0.481 e. The SMILES string of the molecule is Cc1ccc(F)c(C(=O)NC2(CC(=O)O)CCOCC2)c1. The second kappa shape index (κ2) is 6.22. The number of benzene rings is 1. The van der Waals surface area contributed by atoms with Crippen molar-refractivity contribution in [2.24, 2.45) is 0 Å². The van der Waals surface area contributed by atoms with Crippen LogP contribution in [0.25, 0.3) is 0 Å². The first-order valence-electron chi connectivity index (χ1n) is 6.80. The number of aliphatic carboxylic acids is 1. The van der Waals surface area contributed by atoms with Crippen molar-refractivity contribution in [2.45, 2.75) is 31.7 Å². The lowest BCUT2D eigenvalue weighted by molar-refractivity contribution is -0.139. The van der Waals surface area contributed by atoms with Crippen molar-refractivity contribution >= 4 is 11.9 Å². The molecule has 1 saturated heterocycles. The Labute approximate surface area is 122 Å². The quantitative estimate of drug-likeness (QED) is 0.889. The van der Waals surface area contributed by atoms with E-state index in [0.717, 1.165) is 5.56 Å². The van der Waals surface area contributed by atoms with Crippen molar-refractivity contribution < 1.29 is 23.8 Å². The van der Waals surface area contributed by atoms with Crippen LogP contribution in [-0.2, 0) is 9.53 Å². The van der Waals surface area contributed by atoms with Gasteiger partial charge in [0.2, 0.25) is 0 Å². The normalized spacial score (nSPS) is 17.2. The average molecular weight is 295 g/mol. The van der Waals surface area contributed by atoms with Gasteiger partial charge in [-0.05, 0) is 31.9 Å². The molecule has 1 aromatic rings. The van der Waals surface area contributed by atoms with E-state index in [4.69, 9.17) is 9.84 Å². The Morgan fingerprint density at radius 3 is 2.67 bits per heavy atom.